The average Bonchev–Trinajstić information content (AvgIpc) is 2.76. The van der Waals surface area contributed by atoms with Crippen LogP contribution in [0.4, 0.5) is 0 Å². The van der Waals surface area contributed by atoms with Crippen molar-refractivity contribution in [1.29, 1.82) is 0 Å². The van der Waals surface area contributed by atoms with Gasteiger partial charge in [0.15, 0.2) is 0 Å². The van der Waals surface area contributed by atoms with E-state index in [1.54, 1.807) is 6.33 Å². The Balaban J connectivity index is 1.97. The Morgan fingerprint density at radius 3 is 3.14 bits per heavy atom. The highest BCUT2D eigenvalue weighted by Crippen LogP contribution is 2.10. The van der Waals surface area contributed by atoms with Crippen molar-refractivity contribution in [3.8, 4) is 0 Å². The molecular formula is C9H17N5. The molecule has 2 heterocycles. The molecule has 1 aromatic heterocycles. The zero-order valence-electron chi connectivity index (χ0n) is 8.56. The number of hydrogen-bond acceptors (Lipinski definition) is 4. The highest BCUT2D eigenvalue weighted by molar-refractivity contribution is 4.88. The molecule has 1 aliphatic rings. The van der Waals surface area contributed by atoms with E-state index in [4.69, 9.17) is 5.73 Å². The van der Waals surface area contributed by atoms with Crippen molar-refractivity contribution in [1.82, 2.24) is 19.7 Å². The van der Waals surface area contributed by atoms with Crippen LogP contribution in [0.15, 0.2) is 6.33 Å². The fraction of sp³-hybridized carbons (Fsp3) is 0.778. The van der Waals surface area contributed by atoms with Crippen LogP contribution in [-0.4, -0.2) is 38.8 Å². The first-order chi connectivity index (χ1) is 6.79. The minimum atomic E-state index is 0.341. The molecule has 0 spiro atoms. The second-order valence-corrected chi connectivity index (χ2v) is 3.78. The number of rotatable bonds is 3. The molecule has 1 atom stereocenters. The largest absolute Gasteiger partial charge is 0.326 e. The second kappa shape index (κ2) is 4.06. The van der Waals surface area contributed by atoms with E-state index in [-0.39, 0.29) is 0 Å². The van der Waals surface area contributed by atoms with Crippen LogP contribution in [0.1, 0.15) is 19.2 Å². The van der Waals surface area contributed by atoms with Crippen molar-refractivity contribution in [3.05, 3.63) is 12.2 Å². The Kier molecular flexibility index (Phi) is 2.79. The quantitative estimate of drug-likeness (QED) is 0.727. The summed E-state index contributed by atoms with van der Waals surface area (Å²) in [6, 6.07) is 0.341. The van der Waals surface area contributed by atoms with Gasteiger partial charge in [0.05, 0.1) is 6.54 Å². The van der Waals surface area contributed by atoms with E-state index in [0.717, 1.165) is 38.4 Å². The number of nitrogens with two attached hydrogens (primary N) is 1. The van der Waals surface area contributed by atoms with Crippen LogP contribution in [0.5, 0.6) is 0 Å². The topological polar surface area (TPSA) is 60.0 Å². The molecule has 2 rings (SSSR count). The van der Waals surface area contributed by atoms with Gasteiger partial charge in [0.25, 0.3) is 0 Å². The van der Waals surface area contributed by atoms with Crippen molar-refractivity contribution in [2.24, 2.45) is 5.73 Å². The van der Waals surface area contributed by atoms with Crippen LogP contribution < -0.4 is 5.73 Å². The fourth-order valence-corrected chi connectivity index (χ4v) is 1.88. The van der Waals surface area contributed by atoms with Gasteiger partial charge in [0, 0.05) is 25.7 Å². The molecular weight excluding hydrogens is 178 g/mol. The predicted octanol–water partition coefficient (Wildman–Crippen LogP) is -0.169. The van der Waals surface area contributed by atoms with Gasteiger partial charge in [-0.3, -0.25) is 4.90 Å². The SMILES string of the molecule is CCn1ncnc1CN1CC[C@H](N)C1. The molecule has 2 N–H and O–H groups in total. The minimum absolute atomic E-state index is 0.341. The third kappa shape index (κ3) is 1.93. The van der Waals surface area contributed by atoms with Crippen molar-refractivity contribution >= 4 is 0 Å². The zero-order valence-corrected chi connectivity index (χ0v) is 8.56. The summed E-state index contributed by atoms with van der Waals surface area (Å²) in [6.07, 6.45) is 2.72. The van der Waals surface area contributed by atoms with Crippen molar-refractivity contribution < 1.29 is 0 Å². The van der Waals surface area contributed by atoms with E-state index in [9.17, 15) is 0 Å². The molecule has 1 fully saturated rings. The van der Waals surface area contributed by atoms with Crippen molar-refractivity contribution in [3.63, 3.8) is 0 Å². The first-order valence-electron chi connectivity index (χ1n) is 5.14. The molecule has 1 aromatic rings. The summed E-state index contributed by atoms with van der Waals surface area (Å²) < 4.78 is 1.93. The summed E-state index contributed by atoms with van der Waals surface area (Å²) in [5.41, 5.74) is 5.84. The van der Waals surface area contributed by atoms with Crippen LogP contribution in [0.25, 0.3) is 0 Å². The molecule has 0 radical (unpaired) electrons. The Bertz CT molecular complexity index is 295. The lowest BCUT2D eigenvalue weighted by Gasteiger charge is -2.14. The van der Waals surface area contributed by atoms with E-state index in [0.29, 0.717) is 6.04 Å². The number of likely N-dealkylation sites (tertiary alicyclic amines) is 1. The lowest BCUT2D eigenvalue weighted by molar-refractivity contribution is 0.310. The molecule has 0 bridgehead atoms. The zero-order chi connectivity index (χ0) is 9.97. The first kappa shape index (κ1) is 9.61. The summed E-state index contributed by atoms with van der Waals surface area (Å²) >= 11 is 0. The third-order valence-electron chi connectivity index (χ3n) is 2.67. The number of nitrogens with zero attached hydrogens (tertiary/aromatic N) is 4. The minimum Gasteiger partial charge on any atom is -0.326 e. The standard InChI is InChI=1S/C9H17N5/c1-2-14-9(11-7-12-14)6-13-4-3-8(10)5-13/h7-8H,2-6,10H2,1H3/t8-/m0/s1. The summed E-state index contributed by atoms with van der Waals surface area (Å²) in [5.74, 6) is 1.04. The molecule has 0 aliphatic carbocycles. The van der Waals surface area contributed by atoms with E-state index >= 15 is 0 Å². The highest BCUT2D eigenvalue weighted by Gasteiger charge is 2.20. The van der Waals surface area contributed by atoms with Gasteiger partial charge < -0.3 is 5.73 Å². The maximum Gasteiger partial charge on any atom is 0.140 e. The van der Waals surface area contributed by atoms with Gasteiger partial charge in [-0.1, -0.05) is 0 Å². The van der Waals surface area contributed by atoms with Gasteiger partial charge >= 0.3 is 0 Å². The van der Waals surface area contributed by atoms with Crippen LogP contribution in [-0.2, 0) is 13.1 Å². The van der Waals surface area contributed by atoms with Crippen LogP contribution in [0.2, 0.25) is 0 Å². The van der Waals surface area contributed by atoms with Crippen molar-refractivity contribution in [2.75, 3.05) is 13.1 Å². The molecule has 1 saturated heterocycles. The van der Waals surface area contributed by atoms with E-state index < -0.39 is 0 Å². The molecule has 78 valence electrons. The Labute approximate surface area is 83.9 Å². The summed E-state index contributed by atoms with van der Waals surface area (Å²) in [5, 5.41) is 4.14. The van der Waals surface area contributed by atoms with Crippen LogP contribution in [0.3, 0.4) is 0 Å². The fourth-order valence-electron chi connectivity index (χ4n) is 1.88. The smallest absolute Gasteiger partial charge is 0.140 e. The normalized spacial score (nSPS) is 23.1. The molecule has 5 nitrogen and oxygen atoms in total. The molecule has 0 amide bonds. The van der Waals surface area contributed by atoms with Crippen molar-refractivity contribution in [2.45, 2.75) is 32.5 Å². The van der Waals surface area contributed by atoms with Crippen LogP contribution in [0, 0.1) is 0 Å². The Morgan fingerprint density at radius 1 is 1.64 bits per heavy atom. The Hall–Kier alpha value is -0.940. The molecule has 0 aromatic carbocycles. The monoisotopic (exact) mass is 195 g/mol. The predicted molar refractivity (Wildman–Crippen MR) is 53.6 cm³/mol. The second-order valence-electron chi connectivity index (χ2n) is 3.78. The molecule has 5 heteroatoms. The number of aryl methyl sites for hydroxylation is 1. The maximum absolute atomic E-state index is 5.84. The summed E-state index contributed by atoms with van der Waals surface area (Å²) in [4.78, 5) is 6.58. The van der Waals surface area contributed by atoms with E-state index in [1.807, 2.05) is 4.68 Å². The Morgan fingerprint density at radius 2 is 2.50 bits per heavy atom. The summed E-state index contributed by atoms with van der Waals surface area (Å²) in [7, 11) is 0. The first-order valence-corrected chi connectivity index (χ1v) is 5.14. The van der Waals surface area contributed by atoms with Gasteiger partial charge in [0.1, 0.15) is 12.2 Å². The van der Waals surface area contributed by atoms with Crippen LogP contribution >= 0.6 is 0 Å². The van der Waals surface area contributed by atoms with Gasteiger partial charge in [0.2, 0.25) is 0 Å². The molecule has 1 aliphatic heterocycles. The maximum atomic E-state index is 5.84. The number of aromatic nitrogens is 3. The van der Waals surface area contributed by atoms with Gasteiger partial charge in [-0.05, 0) is 13.3 Å². The van der Waals surface area contributed by atoms with E-state index in [1.165, 1.54) is 0 Å². The lowest BCUT2D eigenvalue weighted by Crippen LogP contribution is -2.27. The van der Waals surface area contributed by atoms with Gasteiger partial charge in [-0.2, -0.15) is 5.10 Å². The average molecular weight is 195 g/mol. The molecule has 14 heavy (non-hydrogen) atoms. The number of hydrogen-bond donors (Lipinski definition) is 1. The van der Waals surface area contributed by atoms with E-state index in [2.05, 4.69) is 21.9 Å². The summed E-state index contributed by atoms with van der Waals surface area (Å²) in [6.45, 7) is 5.90. The lowest BCUT2D eigenvalue weighted by atomic mass is 10.3. The van der Waals surface area contributed by atoms with Gasteiger partial charge in [-0.25, -0.2) is 9.67 Å². The van der Waals surface area contributed by atoms with Gasteiger partial charge in [-0.15, -0.1) is 0 Å². The highest BCUT2D eigenvalue weighted by atomic mass is 15.3. The molecule has 0 unspecified atom stereocenters. The third-order valence-corrected chi connectivity index (χ3v) is 2.67. The molecule has 0 saturated carbocycles.